The lowest BCUT2D eigenvalue weighted by Gasteiger charge is -2.27. The van der Waals surface area contributed by atoms with E-state index in [2.05, 4.69) is 262 Å². The minimum atomic E-state index is 1.09. The molecule has 0 saturated heterocycles. The van der Waals surface area contributed by atoms with Gasteiger partial charge in [0.05, 0.1) is 11.4 Å². The molecule has 71 heavy (non-hydrogen) atoms. The lowest BCUT2D eigenvalue weighted by molar-refractivity contribution is 1.30. The van der Waals surface area contributed by atoms with Gasteiger partial charge in [-0.3, -0.25) is 4.98 Å². The summed E-state index contributed by atoms with van der Waals surface area (Å²) in [6.07, 6.45) is 3.81. The quantitative estimate of drug-likeness (QED) is 0.144. The molecule has 0 bridgehead atoms. The van der Waals surface area contributed by atoms with Gasteiger partial charge in [0.25, 0.3) is 0 Å². The van der Waals surface area contributed by atoms with Gasteiger partial charge >= 0.3 is 0 Å². The Balaban J connectivity index is 0.943. The van der Waals surface area contributed by atoms with Crippen LogP contribution in [0.5, 0.6) is 0 Å². The fourth-order valence-corrected chi connectivity index (χ4v) is 13.0. The highest BCUT2D eigenvalue weighted by molar-refractivity contribution is 7.26. The van der Waals surface area contributed by atoms with Crippen molar-refractivity contribution in [2.45, 2.75) is 0 Å². The van der Waals surface area contributed by atoms with Gasteiger partial charge in [0.1, 0.15) is 0 Å². The fraction of sp³-hybridized carbons (Fsp3) is 0. The molecular formula is C65H42N4S2. The molecule has 4 nitrogen and oxygen atoms in total. The maximum absolute atomic E-state index is 4.47. The van der Waals surface area contributed by atoms with Gasteiger partial charge in [-0.15, -0.1) is 22.7 Å². The second kappa shape index (κ2) is 17.0. The average Bonchev–Trinajstić information content (AvgIpc) is 4.00. The number of benzene rings is 11. The maximum Gasteiger partial charge on any atom is 0.0554 e. The van der Waals surface area contributed by atoms with Gasteiger partial charge in [0, 0.05) is 109 Å². The Kier molecular flexibility index (Phi) is 9.86. The standard InChI is InChI=1S/C65H42N4S2/c1-5-17-45(18-6-1)67(50-31-33-60-56(38-50)64-54-27-15-13-25-52(54)58(40-62(64)70-60)68(46-19-7-2-8-20-46)47-21-9-3-10-22-47)51-32-34-61-57(39-51)65-55-28-16-14-26-53(55)59(41-63(65)71-61)69(48-23-11-4-12-24-48)49-30-29-43-35-36-66-42-44(43)37-49/h1-42H. The second-order valence-electron chi connectivity index (χ2n) is 17.9. The Labute approximate surface area is 418 Å². The van der Waals surface area contributed by atoms with Crippen molar-refractivity contribution in [2.75, 3.05) is 14.7 Å². The topological polar surface area (TPSA) is 22.6 Å². The van der Waals surface area contributed by atoms with Crippen molar-refractivity contribution < 1.29 is 0 Å². The molecule has 0 spiro atoms. The van der Waals surface area contributed by atoms with Crippen molar-refractivity contribution in [1.29, 1.82) is 0 Å². The smallest absolute Gasteiger partial charge is 0.0554 e. The van der Waals surface area contributed by atoms with E-state index in [-0.39, 0.29) is 0 Å². The van der Waals surface area contributed by atoms with Gasteiger partial charge in [-0.05, 0) is 131 Å². The number of nitrogens with zero attached hydrogens (tertiary/aromatic N) is 4. The molecule has 0 aliphatic heterocycles. The molecule has 11 aromatic carbocycles. The molecule has 14 aromatic rings. The van der Waals surface area contributed by atoms with Gasteiger partial charge in [0.15, 0.2) is 0 Å². The first-order chi connectivity index (χ1) is 35.2. The minimum absolute atomic E-state index is 1.09. The van der Waals surface area contributed by atoms with Crippen LogP contribution in [0.25, 0.3) is 72.7 Å². The first-order valence-corrected chi connectivity index (χ1v) is 25.6. The van der Waals surface area contributed by atoms with Crippen LogP contribution in [0.3, 0.4) is 0 Å². The van der Waals surface area contributed by atoms with Crippen molar-refractivity contribution >= 4 is 147 Å². The van der Waals surface area contributed by atoms with Crippen molar-refractivity contribution in [3.8, 4) is 0 Å². The first-order valence-electron chi connectivity index (χ1n) is 23.9. The van der Waals surface area contributed by atoms with E-state index in [0.717, 1.165) is 56.6 Å². The lowest BCUT2D eigenvalue weighted by atomic mass is 9.99. The molecule has 0 atom stereocenters. The van der Waals surface area contributed by atoms with Crippen molar-refractivity contribution in [3.63, 3.8) is 0 Å². The summed E-state index contributed by atoms with van der Waals surface area (Å²) in [6, 6.07) is 88.4. The molecule has 0 fully saturated rings. The average molecular weight is 943 g/mol. The van der Waals surface area contributed by atoms with E-state index in [0.29, 0.717) is 0 Å². The molecule has 0 N–H and O–H groups in total. The Hall–Kier alpha value is -8.81. The van der Waals surface area contributed by atoms with Gasteiger partial charge in [-0.2, -0.15) is 0 Å². The van der Waals surface area contributed by atoms with Crippen LogP contribution in [0.4, 0.5) is 51.2 Å². The van der Waals surface area contributed by atoms with E-state index in [1.165, 1.54) is 67.3 Å². The third kappa shape index (κ3) is 6.98. The molecule has 0 aliphatic carbocycles. The van der Waals surface area contributed by atoms with Crippen molar-refractivity contribution in [3.05, 3.63) is 255 Å². The summed E-state index contributed by atoms with van der Waals surface area (Å²) >= 11 is 3.73. The van der Waals surface area contributed by atoms with Crippen LogP contribution >= 0.6 is 22.7 Å². The SMILES string of the molecule is c1ccc(N(c2ccc3sc4cc(N(c5ccccc5)c5ccccc5)c5ccccc5c4c3c2)c2ccc3sc4cc(N(c5ccccc5)c5ccc6ccncc6c5)c5ccccc5c4c3c2)cc1. The number of hydrogen-bond acceptors (Lipinski definition) is 6. The number of fused-ring (bicyclic) bond motifs is 11. The van der Waals surface area contributed by atoms with Crippen LogP contribution in [-0.2, 0) is 0 Å². The molecule has 14 rings (SSSR count). The number of hydrogen-bond donors (Lipinski definition) is 0. The third-order valence-electron chi connectivity index (χ3n) is 13.8. The molecule has 0 unspecified atom stereocenters. The zero-order chi connectivity index (χ0) is 46.8. The highest BCUT2D eigenvalue weighted by Crippen LogP contribution is 2.50. The number of rotatable bonds is 9. The van der Waals surface area contributed by atoms with E-state index in [1.54, 1.807) is 0 Å². The maximum atomic E-state index is 4.47. The summed E-state index contributed by atoms with van der Waals surface area (Å²) in [6.45, 7) is 0. The van der Waals surface area contributed by atoms with Gasteiger partial charge in [-0.25, -0.2) is 0 Å². The fourth-order valence-electron chi connectivity index (χ4n) is 10.7. The van der Waals surface area contributed by atoms with E-state index >= 15 is 0 Å². The molecule has 0 amide bonds. The molecule has 3 heterocycles. The van der Waals surface area contributed by atoms with Crippen molar-refractivity contribution in [1.82, 2.24) is 4.98 Å². The summed E-state index contributed by atoms with van der Waals surface area (Å²) in [7, 11) is 0. The Morgan fingerprint density at radius 1 is 0.268 bits per heavy atom. The molecule has 0 aliphatic rings. The van der Waals surface area contributed by atoms with Crippen LogP contribution < -0.4 is 14.7 Å². The number of pyridine rings is 1. The zero-order valence-corrected chi connectivity index (χ0v) is 40.0. The predicted octanol–water partition coefficient (Wildman–Crippen LogP) is 19.7. The van der Waals surface area contributed by atoms with E-state index < -0.39 is 0 Å². The molecule has 0 saturated carbocycles. The molecular weight excluding hydrogens is 901 g/mol. The zero-order valence-electron chi connectivity index (χ0n) is 38.4. The minimum Gasteiger partial charge on any atom is -0.310 e. The van der Waals surface area contributed by atoms with E-state index in [1.807, 2.05) is 35.1 Å². The number of anilines is 9. The van der Waals surface area contributed by atoms with Crippen LogP contribution in [0.2, 0.25) is 0 Å². The summed E-state index contributed by atoms with van der Waals surface area (Å²) in [5.41, 5.74) is 10.1. The van der Waals surface area contributed by atoms with Crippen LogP contribution in [0, 0.1) is 0 Å². The van der Waals surface area contributed by atoms with Crippen molar-refractivity contribution in [2.24, 2.45) is 0 Å². The second-order valence-corrected chi connectivity index (χ2v) is 20.1. The third-order valence-corrected chi connectivity index (χ3v) is 16.1. The Morgan fingerprint density at radius 2 is 0.662 bits per heavy atom. The van der Waals surface area contributed by atoms with Crippen LogP contribution in [-0.4, -0.2) is 4.98 Å². The first kappa shape index (κ1) is 41.2. The molecule has 3 aromatic heterocycles. The van der Waals surface area contributed by atoms with Gasteiger partial charge < -0.3 is 14.7 Å². The highest BCUT2D eigenvalue weighted by Gasteiger charge is 2.23. The van der Waals surface area contributed by atoms with E-state index in [9.17, 15) is 0 Å². The summed E-state index contributed by atoms with van der Waals surface area (Å²) < 4.78 is 5.02. The van der Waals surface area contributed by atoms with Crippen LogP contribution in [0.1, 0.15) is 0 Å². The molecule has 0 radical (unpaired) electrons. The lowest BCUT2D eigenvalue weighted by Crippen LogP contribution is -2.10. The number of aromatic nitrogens is 1. The number of thiophene rings is 2. The summed E-state index contributed by atoms with van der Waals surface area (Å²) in [4.78, 5) is 11.7. The van der Waals surface area contributed by atoms with Gasteiger partial charge in [0.2, 0.25) is 0 Å². The largest absolute Gasteiger partial charge is 0.310 e. The predicted molar refractivity (Wildman–Crippen MR) is 307 cm³/mol. The highest BCUT2D eigenvalue weighted by atomic mass is 32.1. The monoisotopic (exact) mass is 942 g/mol. The molecule has 334 valence electrons. The number of para-hydroxylation sites is 4. The Bertz CT molecular complexity index is 4260. The normalized spacial score (nSPS) is 11.7. The summed E-state index contributed by atoms with van der Waals surface area (Å²) in [5, 5.41) is 12.2. The molecule has 6 heteroatoms. The van der Waals surface area contributed by atoms with Gasteiger partial charge in [-0.1, -0.05) is 127 Å². The van der Waals surface area contributed by atoms with E-state index in [4.69, 9.17) is 0 Å². The van der Waals surface area contributed by atoms with Crippen LogP contribution in [0.15, 0.2) is 255 Å². The summed E-state index contributed by atoms with van der Waals surface area (Å²) in [5.74, 6) is 0. The Morgan fingerprint density at radius 3 is 1.14 bits per heavy atom.